The van der Waals surface area contributed by atoms with E-state index in [1.165, 1.54) is 0 Å². The second-order valence-electron chi connectivity index (χ2n) is 4.63. The van der Waals surface area contributed by atoms with Crippen LogP contribution in [0.1, 0.15) is 28.5 Å². The fourth-order valence-corrected chi connectivity index (χ4v) is 1.96. The molecule has 0 atom stereocenters. The van der Waals surface area contributed by atoms with Crippen molar-refractivity contribution in [2.24, 2.45) is 0 Å². The maximum absolute atomic E-state index is 11.9. The van der Waals surface area contributed by atoms with E-state index in [1.807, 2.05) is 0 Å². The van der Waals surface area contributed by atoms with Crippen LogP contribution in [0.4, 0.5) is 10.7 Å². The molecule has 23 heavy (non-hydrogen) atoms. The quantitative estimate of drug-likeness (QED) is 0.817. The standard InChI is InChI=1S/C15H16ClN3O4/c1-3-22-14(20)12-9(2)19-23-13(12)18-15(21)17-8-10-4-6-11(16)7-5-10/h4-7H,3,8H2,1-2H3,(H2,17,18,21). The summed E-state index contributed by atoms with van der Waals surface area (Å²) in [5.41, 5.74) is 1.33. The van der Waals surface area contributed by atoms with E-state index in [0.717, 1.165) is 5.56 Å². The van der Waals surface area contributed by atoms with Crippen LogP contribution in [0.25, 0.3) is 0 Å². The van der Waals surface area contributed by atoms with E-state index < -0.39 is 12.0 Å². The lowest BCUT2D eigenvalue weighted by Crippen LogP contribution is -2.28. The van der Waals surface area contributed by atoms with Crippen LogP contribution in [-0.2, 0) is 11.3 Å². The number of aryl methyl sites for hydroxylation is 1. The van der Waals surface area contributed by atoms with Crippen LogP contribution < -0.4 is 10.6 Å². The summed E-state index contributed by atoms with van der Waals surface area (Å²) in [6.45, 7) is 3.79. The lowest BCUT2D eigenvalue weighted by atomic mass is 10.2. The van der Waals surface area contributed by atoms with Crippen LogP contribution in [0.2, 0.25) is 5.02 Å². The molecule has 0 aliphatic rings. The zero-order valence-electron chi connectivity index (χ0n) is 12.7. The van der Waals surface area contributed by atoms with E-state index in [1.54, 1.807) is 38.1 Å². The second-order valence-corrected chi connectivity index (χ2v) is 5.06. The molecule has 7 nitrogen and oxygen atoms in total. The van der Waals surface area contributed by atoms with Gasteiger partial charge in [0.25, 0.3) is 0 Å². The smallest absolute Gasteiger partial charge is 0.345 e. The van der Waals surface area contributed by atoms with Crippen molar-refractivity contribution in [1.82, 2.24) is 10.5 Å². The summed E-state index contributed by atoms with van der Waals surface area (Å²) in [7, 11) is 0. The molecule has 1 aromatic heterocycles. The Hall–Kier alpha value is -2.54. The number of nitrogens with zero attached hydrogens (tertiary/aromatic N) is 1. The first-order chi connectivity index (χ1) is 11.0. The van der Waals surface area contributed by atoms with Gasteiger partial charge in [-0.15, -0.1) is 0 Å². The first kappa shape index (κ1) is 16.8. The van der Waals surface area contributed by atoms with Gasteiger partial charge in [0.1, 0.15) is 5.56 Å². The van der Waals surface area contributed by atoms with Crippen molar-refractivity contribution in [3.63, 3.8) is 0 Å². The Morgan fingerprint density at radius 3 is 2.65 bits per heavy atom. The number of halogens is 1. The molecule has 0 aliphatic heterocycles. The fraction of sp³-hybridized carbons (Fsp3) is 0.267. The molecular weight excluding hydrogens is 322 g/mol. The van der Waals surface area contributed by atoms with Gasteiger partial charge in [0.05, 0.1) is 12.3 Å². The Kier molecular flexibility index (Phi) is 5.59. The zero-order valence-corrected chi connectivity index (χ0v) is 13.4. The molecule has 2 N–H and O–H groups in total. The van der Waals surface area contributed by atoms with Crippen molar-refractivity contribution >= 4 is 29.5 Å². The lowest BCUT2D eigenvalue weighted by molar-refractivity contribution is 0.0526. The zero-order chi connectivity index (χ0) is 16.8. The highest BCUT2D eigenvalue weighted by Gasteiger charge is 2.23. The average molecular weight is 338 g/mol. The van der Waals surface area contributed by atoms with Crippen molar-refractivity contribution in [2.45, 2.75) is 20.4 Å². The number of carbonyl (C=O) groups excluding carboxylic acids is 2. The van der Waals surface area contributed by atoms with Crippen LogP contribution in [0.3, 0.4) is 0 Å². The van der Waals surface area contributed by atoms with Gasteiger partial charge in [0.2, 0.25) is 5.88 Å². The fourth-order valence-electron chi connectivity index (χ4n) is 1.83. The Morgan fingerprint density at radius 1 is 1.30 bits per heavy atom. The van der Waals surface area contributed by atoms with E-state index in [2.05, 4.69) is 15.8 Å². The number of hydrogen-bond acceptors (Lipinski definition) is 5. The molecular formula is C15H16ClN3O4. The Bertz CT molecular complexity index is 697. The summed E-state index contributed by atoms with van der Waals surface area (Å²) < 4.78 is 9.87. The molecule has 0 saturated carbocycles. The summed E-state index contributed by atoms with van der Waals surface area (Å²) in [6, 6.07) is 6.53. The number of rotatable bonds is 5. The number of anilines is 1. The minimum atomic E-state index is -0.598. The number of benzene rings is 1. The molecule has 0 fully saturated rings. The van der Waals surface area contributed by atoms with Crippen LogP contribution in [0, 0.1) is 6.92 Å². The van der Waals surface area contributed by atoms with Crippen molar-refractivity contribution in [1.29, 1.82) is 0 Å². The number of urea groups is 1. The third-order valence-corrected chi connectivity index (χ3v) is 3.19. The van der Waals surface area contributed by atoms with Crippen molar-refractivity contribution in [3.8, 4) is 0 Å². The Balaban J connectivity index is 1.97. The molecule has 0 radical (unpaired) electrons. The van der Waals surface area contributed by atoms with E-state index in [9.17, 15) is 9.59 Å². The molecule has 1 heterocycles. The van der Waals surface area contributed by atoms with Gasteiger partial charge < -0.3 is 14.6 Å². The average Bonchev–Trinajstić information content (AvgIpc) is 2.87. The van der Waals surface area contributed by atoms with E-state index in [-0.39, 0.29) is 18.1 Å². The van der Waals surface area contributed by atoms with Gasteiger partial charge in [-0.2, -0.15) is 0 Å². The third-order valence-electron chi connectivity index (χ3n) is 2.94. The SMILES string of the molecule is CCOC(=O)c1c(C)noc1NC(=O)NCc1ccc(Cl)cc1. The maximum atomic E-state index is 11.9. The van der Waals surface area contributed by atoms with E-state index in [0.29, 0.717) is 17.3 Å². The Labute approximate surface area is 137 Å². The highest BCUT2D eigenvalue weighted by molar-refractivity contribution is 6.30. The van der Waals surface area contributed by atoms with Crippen molar-refractivity contribution in [2.75, 3.05) is 11.9 Å². The summed E-state index contributed by atoms with van der Waals surface area (Å²) in [4.78, 5) is 23.7. The Morgan fingerprint density at radius 2 is 2.00 bits per heavy atom. The first-order valence-electron chi connectivity index (χ1n) is 6.94. The van der Waals surface area contributed by atoms with Gasteiger partial charge in [0.15, 0.2) is 0 Å². The number of hydrogen-bond donors (Lipinski definition) is 2. The van der Waals surface area contributed by atoms with Crippen LogP contribution in [0.15, 0.2) is 28.8 Å². The van der Waals surface area contributed by atoms with Crippen LogP contribution in [0.5, 0.6) is 0 Å². The van der Waals surface area contributed by atoms with E-state index >= 15 is 0 Å². The first-order valence-corrected chi connectivity index (χ1v) is 7.31. The normalized spacial score (nSPS) is 10.2. The van der Waals surface area contributed by atoms with Gasteiger partial charge in [-0.1, -0.05) is 28.9 Å². The minimum absolute atomic E-state index is 0.0467. The highest BCUT2D eigenvalue weighted by atomic mass is 35.5. The number of esters is 1. The molecule has 0 bridgehead atoms. The number of ether oxygens (including phenoxy) is 1. The van der Waals surface area contributed by atoms with Gasteiger partial charge in [-0.05, 0) is 31.5 Å². The molecule has 1 aromatic carbocycles. The molecule has 0 saturated heterocycles. The summed E-state index contributed by atoms with van der Waals surface area (Å²) >= 11 is 5.79. The number of nitrogens with one attached hydrogen (secondary N) is 2. The molecule has 2 aromatic rings. The number of carbonyl (C=O) groups is 2. The summed E-state index contributed by atoms with van der Waals surface area (Å²) in [6.07, 6.45) is 0. The summed E-state index contributed by atoms with van der Waals surface area (Å²) in [5.74, 6) is -0.645. The van der Waals surface area contributed by atoms with Gasteiger partial charge >= 0.3 is 12.0 Å². The third kappa shape index (κ3) is 4.46. The lowest BCUT2D eigenvalue weighted by Gasteiger charge is -2.07. The summed E-state index contributed by atoms with van der Waals surface area (Å²) in [5, 5.41) is 9.38. The second kappa shape index (κ2) is 7.64. The predicted octanol–water partition coefficient (Wildman–Crippen LogP) is 3.13. The highest BCUT2D eigenvalue weighted by Crippen LogP contribution is 2.20. The molecule has 2 amide bonds. The molecule has 0 unspecified atom stereocenters. The molecule has 2 rings (SSSR count). The van der Waals surface area contributed by atoms with Gasteiger partial charge in [0, 0.05) is 11.6 Å². The largest absolute Gasteiger partial charge is 0.462 e. The van der Waals surface area contributed by atoms with Crippen LogP contribution >= 0.6 is 11.6 Å². The number of aromatic nitrogens is 1. The molecule has 0 aliphatic carbocycles. The molecule has 122 valence electrons. The minimum Gasteiger partial charge on any atom is -0.462 e. The maximum Gasteiger partial charge on any atom is 0.345 e. The topological polar surface area (TPSA) is 93.5 Å². The van der Waals surface area contributed by atoms with E-state index in [4.69, 9.17) is 20.9 Å². The van der Waals surface area contributed by atoms with Crippen molar-refractivity contribution in [3.05, 3.63) is 46.1 Å². The molecule has 0 spiro atoms. The molecule has 8 heteroatoms. The van der Waals surface area contributed by atoms with Crippen molar-refractivity contribution < 1.29 is 18.8 Å². The van der Waals surface area contributed by atoms with Gasteiger partial charge in [-0.25, -0.2) is 9.59 Å². The monoisotopic (exact) mass is 337 g/mol. The van der Waals surface area contributed by atoms with Crippen LogP contribution in [-0.4, -0.2) is 23.8 Å². The van der Waals surface area contributed by atoms with Gasteiger partial charge in [-0.3, -0.25) is 5.32 Å². The predicted molar refractivity (Wildman–Crippen MR) is 84.5 cm³/mol. The number of amides is 2.